The van der Waals surface area contributed by atoms with Crippen molar-refractivity contribution >= 4 is 29.0 Å². The van der Waals surface area contributed by atoms with Crippen LogP contribution in [0.25, 0.3) is 0 Å². The van der Waals surface area contributed by atoms with Crippen LogP contribution in [0.2, 0.25) is 0 Å². The fourth-order valence-corrected chi connectivity index (χ4v) is 2.90. The minimum atomic E-state index is -0.421. The molecule has 0 unspecified atom stereocenters. The predicted octanol–water partition coefficient (Wildman–Crippen LogP) is 4.03. The van der Waals surface area contributed by atoms with Gasteiger partial charge in [-0.15, -0.1) is 11.8 Å². The first-order chi connectivity index (χ1) is 11.1. The first-order valence-electron chi connectivity index (χ1n) is 7.29. The molecule has 0 atom stereocenters. The molecule has 1 N–H and O–H groups in total. The van der Waals surface area contributed by atoms with Crippen LogP contribution in [0, 0.1) is 10.1 Å². The van der Waals surface area contributed by atoms with Crippen LogP contribution >= 0.6 is 11.8 Å². The van der Waals surface area contributed by atoms with Crippen molar-refractivity contribution < 1.29 is 9.72 Å². The third-order valence-electron chi connectivity index (χ3n) is 3.32. The van der Waals surface area contributed by atoms with Gasteiger partial charge in [-0.1, -0.05) is 37.3 Å². The Kier molecular flexibility index (Phi) is 6.17. The smallest absolute Gasteiger partial charge is 0.269 e. The lowest BCUT2D eigenvalue weighted by Gasteiger charge is -2.09. The van der Waals surface area contributed by atoms with Crippen molar-refractivity contribution in [3.8, 4) is 0 Å². The number of amides is 1. The first-order valence-corrected chi connectivity index (χ1v) is 8.44. The van der Waals surface area contributed by atoms with E-state index in [4.69, 9.17) is 0 Å². The predicted molar refractivity (Wildman–Crippen MR) is 93.7 cm³/mol. The van der Waals surface area contributed by atoms with Crippen molar-refractivity contribution in [1.82, 2.24) is 0 Å². The minimum Gasteiger partial charge on any atom is -0.325 e. The average molecular weight is 330 g/mol. The highest BCUT2D eigenvalue weighted by Gasteiger charge is 2.07. The van der Waals surface area contributed by atoms with Crippen LogP contribution < -0.4 is 5.32 Å². The van der Waals surface area contributed by atoms with Crippen LogP contribution in [-0.4, -0.2) is 16.6 Å². The molecule has 23 heavy (non-hydrogen) atoms. The fraction of sp³-hybridized carbons (Fsp3) is 0.235. The van der Waals surface area contributed by atoms with Crippen LogP contribution in [0.1, 0.15) is 18.1 Å². The molecule has 0 saturated heterocycles. The van der Waals surface area contributed by atoms with E-state index in [0.717, 1.165) is 23.2 Å². The van der Waals surface area contributed by atoms with E-state index >= 15 is 0 Å². The van der Waals surface area contributed by atoms with E-state index in [1.165, 1.54) is 23.9 Å². The van der Waals surface area contributed by atoms with Crippen LogP contribution in [-0.2, 0) is 17.0 Å². The molecule has 2 aromatic carbocycles. The summed E-state index contributed by atoms with van der Waals surface area (Å²) >= 11 is 1.48. The Labute approximate surface area is 139 Å². The van der Waals surface area contributed by atoms with Gasteiger partial charge in [-0.2, -0.15) is 0 Å². The molecule has 0 spiro atoms. The van der Waals surface area contributed by atoms with E-state index in [9.17, 15) is 14.9 Å². The standard InChI is InChI=1S/C17H18N2O3S/c1-2-14-5-3-4-6-16(14)18-17(20)12-23-11-13-7-9-15(10-8-13)19(21)22/h3-10H,2,11-12H2,1H3,(H,18,20). The highest BCUT2D eigenvalue weighted by atomic mass is 32.2. The second kappa shape index (κ2) is 8.33. The van der Waals surface area contributed by atoms with Gasteiger partial charge >= 0.3 is 0 Å². The summed E-state index contributed by atoms with van der Waals surface area (Å²) in [4.78, 5) is 22.2. The molecule has 1 amide bonds. The number of nitrogens with one attached hydrogen (secondary N) is 1. The molecule has 2 rings (SSSR count). The van der Waals surface area contributed by atoms with Gasteiger partial charge in [0.25, 0.3) is 5.69 Å². The van der Waals surface area contributed by atoms with Crippen molar-refractivity contribution in [2.24, 2.45) is 0 Å². The highest BCUT2D eigenvalue weighted by Crippen LogP contribution is 2.18. The minimum absolute atomic E-state index is 0.0437. The molecule has 0 aliphatic carbocycles. The Balaban J connectivity index is 1.81. The molecule has 0 fully saturated rings. The maximum atomic E-state index is 12.0. The molecule has 5 nitrogen and oxygen atoms in total. The third-order valence-corrected chi connectivity index (χ3v) is 4.33. The van der Waals surface area contributed by atoms with E-state index in [1.54, 1.807) is 12.1 Å². The highest BCUT2D eigenvalue weighted by molar-refractivity contribution is 7.99. The summed E-state index contributed by atoms with van der Waals surface area (Å²) in [6, 6.07) is 14.2. The molecule has 0 aliphatic heterocycles. The van der Waals surface area contributed by atoms with Gasteiger partial charge in [0.05, 0.1) is 10.7 Å². The van der Waals surface area contributed by atoms with Gasteiger partial charge in [-0.3, -0.25) is 14.9 Å². The van der Waals surface area contributed by atoms with Gasteiger partial charge in [-0.05, 0) is 23.6 Å². The summed E-state index contributed by atoms with van der Waals surface area (Å²) in [5.74, 6) is 0.938. The first kappa shape index (κ1) is 17.0. The maximum Gasteiger partial charge on any atom is 0.269 e. The molecule has 0 saturated carbocycles. The summed E-state index contributed by atoms with van der Waals surface area (Å²) in [6.45, 7) is 2.05. The number of nitro groups is 1. The second-order valence-corrected chi connectivity index (χ2v) is 5.96. The van der Waals surface area contributed by atoms with Crippen molar-refractivity contribution in [3.05, 3.63) is 69.8 Å². The number of hydrogen-bond acceptors (Lipinski definition) is 4. The Bertz CT molecular complexity index is 686. The Morgan fingerprint density at radius 2 is 1.87 bits per heavy atom. The average Bonchev–Trinajstić information content (AvgIpc) is 2.56. The second-order valence-electron chi connectivity index (χ2n) is 4.98. The largest absolute Gasteiger partial charge is 0.325 e. The normalized spacial score (nSPS) is 10.3. The number of nitrogens with zero attached hydrogens (tertiary/aromatic N) is 1. The lowest BCUT2D eigenvalue weighted by Crippen LogP contribution is -2.15. The fourth-order valence-electron chi connectivity index (χ4n) is 2.11. The number of thioether (sulfide) groups is 1. The maximum absolute atomic E-state index is 12.0. The Hall–Kier alpha value is -2.34. The van der Waals surface area contributed by atoms with E-state index in [-0.39, 0.29) is 11.6 Å². The van der Waals surface area contributed by atoms with E-state index in [2.05, 4.69) is 5.32 Å². The number of non-ortho nitro benzene ring substituents is 1. The summed E-state index contributed by atoms with van der Waals surface area (Å²) in [5, 5.41) is 13.5. The number of nitro benzene ring substituents is 1. The number of para-hydroxylation sites is 1. The van der Waals surface area contributed by atoms with Crippen molar-refractivity contribution in [2.45, 2.75) is 19.1 Å². The zero-order valence-electron chi connectivity index (χ0n) is 12.8. The molecule has 0 heterocycles. The summed E-state index contributed by atoms with van der Waals surface area (Å²) < 4.78 is 0. The molecule has 2 aromatic rings. The molecule has 0 bridgehead atoms. The summed E-state index contributed by atoms with van der Waals surface area (Å²) in [5.41, 5.74) is 3.01. The van der Waals surface area contributed by atoms with Crippen LogP contribution in [0.5, 0.6) is 0 Å². The number of benzene rings is 2. The number of rotatable bonds is 7. The molecular weight excluding hydrogens is 312 g/mol. The Morgan fingerprint density at radius 3 is 2.52 bits per heavy atom. The van der Waals surface area contributed by atoms with E-state index < -0.39 is 4.92 Å². The molecule has 0 aliphatic rings. The van der Waals surface area contributed by atoms with Gasteiger partial charge < -0.3 is 5.32 Å². The Morgan fingerprint density at radius 1 is 1.17 bits per heavy atom. The summed E-state index contributed by atoms with van der Waals surface area (Å²) in [7, 11) is 0. The van der Waals surface area contributed by atoms with Gasteiger partial charge in [0.1, 0.15) is 0 Å². The number of carbonyl (C=O) groups excluding carboxylic acids is 1. The number of carbonyl (C=O) groups is 1. The van der Waals surface area contributed by atoms with Gasteiger partial charge in [0.15, 0.2) is 0 Å². The quantitative estimate of drug-likeness (QED) is 0.614. The zero-order chi connectivity index (χ0) is 16.7. The molecule has 0 aromatic heterocycles. The van der Waals surface area contributed by atoms with Crippen molar-refractivity contribution in [2.75, 3.05) is 11.1 Å². The van der Waals surface area contributed by atoms with Crippen LogP contribution in [0.4, 0.5) is 11.4 Å². The number of anilines is 1. The monoisotopic (exact) mass is 330 g/mol. The SMILES string of the molecule is CCc1ccccc1NC(=O)CSCc1ccc([N+](=O)[O-])cc1. The summed E-state index contributed by atoms with van der Waals surface area (Å²) in [6.07, 6.45) is 0.867. The third kappa shape index (κ3) is 5.10. The lowest BCUT2D eigenvalue weighted by atomic mass is 10.1. The van der Waals surface area contributed by atoms with E-state index in [0.29, 0.717) is 11.5 Å². The molecular formula is C17H18N2O3S. The number of aryl methyl sites for hydroxylation is 1. The zero-order valence-corrected chi connectivity index (χ0v) is 13.6. The van der Waals surface area contributed by atoms with Gasteiger partial charge in [0, 0.05) is 23.6 Å². The number of hydrogen-bond donors (Lipinski definition) is 1. The van der Waals surface area contributed by atoms with Crippen LogP contribution in [0.15, 0.2) is 48.5 Å². The molecule has 120 valence electrons. The van der Waals surface area contributed by atoms with Gasteiger partial charge in [0.2, 0.25) is 5.91 Å². The van der Waals surface area contributed by atoms with Crippen molar-refractivity contribution in [1.29, 1.82) is 0 Å². The molecule has 0 radical (unpaired) electrons. The molecule has 6 heteroatoms. The lowest BCUT2D eigenvalue weighted by molar-refractivity contribution is -0.384. The van der Waals surface area contributed by atoms with E-state index in [1.807, 2.05) is 31.2 Å². The van der Waals surface area contributed by atoms with Crippen LogP contribution in [0.3, 0.4) is 0 Å². The van der Waals surface area contributed by atoms with Gasteiger partial charge in [-0.25, -0.2) is 0 Å². The van der Waals surface area contributed by atoms with Crippen molar-refractivity contribution in [3.63, 3.8) is 0 Å². The topological polar surface area (TPSA) is 72.2 Å².